The Morgan fingerprint density at radius 2 is 2.19 bits per heavy atom. The van der Waals surface area contributed by atoms with Crippen molar-refractivity contribution in [3.8, 4) is 6.07 Å². The molecule has 1 aliphatic heterocycles. The van der Waals surface area contributed by atoms with Crippen LogP contribution >= 0.6 is 0 Å². The highest BCUT2D eigenvalue weighted by Crippen LogP contribution is 2.38. The number of carbonyl (C=O) groups is 1. The van der Waals surface area contributed by atoms with Crippen LogP contribution in [0.5, 0.6) is 0 Å². The summed E-state index contributed by atoms with van der Waals surface area (Å²) in [4.78, 5) is 11.7. The van der Waals surface area contributed by atoms with Crippen molar-refractivity contribution in [2.75, 3.05) is 0 Å². The molecule has 3 heteroatoms. The predicted molar refractivity (Wildman–Crippen MR) is 56.8 cm³/mol. The molecule has 1 aliphatic carbocycles. The minimum atomic E-state index is -0.234. The molecule has 1 atom stereocenters. The average Bonchev–Trinajstić information content (AvgIpc) is 3.12. The number of carbonyl (C=O) groups excluding carboxylic acids is 1. The first-order valence-corrected chi connectivity index (χ1v) is 5.52. The second-order valence-corrected chi connectivity index (χ2v) is 4.47. The molecule has 1 fully saturated rings. The number of esters is 1. The van der Waals surface area contributed by atoms with Crippen LogP contribution in [0.15, 0.2) is 18.2 Å². The maximum atomic E-state index is 11.7. The molecule has 2 aliphatic rings. The number of ether oxygens (including phenoxy) is 1. The third-order valence-electron chi connectivity index (χ3n) is 3.28. The van der Waals surface area contributed by atoms with Gasteiger partial charge in [0, 0.05) is 6.42 Å². The lowest BCUT2D eigenvalue weighted by atomic mass is 9.95. The van der Waals surface area contributed by atoms with Gasteiger partial charge < -0.3 is 4.74 Å². The van der Waals surface area contributed by atoms with Gasteiger partial charge in [-0.15, -0.1) is 0 Å². The minimum Gasteiger partial charge on any atom is -0.458 e. The first-order chi connectivity index (χ1) is 7.78. The molecule has 1 aromatic rings. The zero-order valence-electron chi connectivity index (χ0n) is 8.77. The van der Waals surface area contributed by atoms with Gasteiger partial charge in [0.2, 0.25) is 0 Å². The van der Waals surface area contributed by atoms with Crippen molar-refractivity contribution < 1.29 is 9.53 Å². The number of cyclic esters (lactones) is 1. The van der Waals surface area contributed by atoms with Crippen molar-refractivity contribution in [2.45, 2.75) is 25.4 Å². The Labute approximate surface area is 93.6 Å². The Kier molecular flexibility index (Phi) is 1.97. The second-order valence-electron chi connectivity index (χ2n) is 4.47. The van der Waals surface area contributed by atoms with E-state index in [-0.39, 0.29) is 12.1 Å². The summed E-state index contributed by atoms with van der Waals surface area (Å²) in [6.07, 6.45) is 3.12. The molecule has 80 valence electrons. The topological polar surface area (TPSA) is 50.1 Å². The van der Waals surface area contributed by atoms with Crippen molar-refractivity contribution in [3.05, 3.63) is 34.9 Å². The Morgan fingerprint density at radius 3 is 2.88 bits per heavy atom. The summed E-state index contributed by atoms with van der Waals surface area (Å²) in [5.74, 6) is 0.311. The Balaban J connectivity index is 1.98. The third-order valence-corrected chi connectivity index (χ3v) is 3.28. The SMILES string of the molecule is N#Cc1ccc2c(c1)CC(C1CC1)OC2=O. The van der Waals surface area contributed by atoms with Gasteiger partial charge in [-0.25, -0.2) is 4.79 Å². The van der Waals surface area contributed by atoms with Gasteiger partial charge in [0.15, 0.2) is 0 Å². The number of hydrogen-bond acceptors (Lipinski definition) is 3. The fourth-order valence-electron chi connectivity index (χ4n) is 2.22. The molecule has 0 N–H and O–H groups in total. The van der Waals surface area contributed by atoms with Crippen molar-refractivity contribution >= 4 is 5.97 Å². The van der Waals surface area contributed by atoms with Crippen LogP contribution in [0.4, 0.5) is 0 Å². The highest BCUT2D eigenvalue weighted by atomic mass is 16.5. The van der Waals surface area contributed by atoms with Gasteiger partial charge in [-0.05, 0) is 42.5 Å². The maximum Gasteiger partial charge on any atom is 0.338 e. The highest BCUT2D eigenvalue weighted by Gasteiger charge is 2.37. The monoisotopic (exact) mass is 213 g/mol. The van der Waals surface area contributed by atoms with Crippen molar-refractivity contribution in [1.29, 1.82) is 5.26 Å². The molecule has 0 bridgehead atoms. The lowest BCUT2D eigenvalue weighted by Crippen LogP contribution is -2.29. The molecular weight excluding hydrogens is 202 g/mol. The lowest BCUT2D eigenvalue weighted by molar-refractivity contribution is 0.0202. The highest BCUT2D eigenvalue weighted by molar-refractivity contribution is 5.92. The Bertz CT molecular complexity index is 497. The van der Waals surface area contributed by atoms with Crippen LogP contribution in [0.1, 0.15) is 34.3 Å². The van der Waals surface area contributed by atoms with E-state index in [4.69, 9.17) is 10.00 Å². The van der Waals surface area contributed by atoms with E-state index in [2.05, 4.69) is 6.07 Å². The van der Waals surface area contributed by atoms with Crippen LogP contribution in [0, 0.1) is 17.2 Å². The minimum absolute atomic E-state index is 0.0361. The third kappa shape index (κ3) is 1.47. The normalized spacial score (nSPS) is 23.2. The van der Waals surface area contributed by atoms with Gasteiger partial charge in [0.1, 0.15) is 6.10 Å². The summed E-state index contributed by atoms with van der Waals surface area (Å²) in [6.45, 7) is 0. The summed E-state index contributed by atoms with van der Waals surface area (Å²) < 4.78 is 5.39. The van der Waals surface area contributed by atoms with Gasteiger partial charge in [-0.1, -0.05) is 0 Å². The van der Waals surface area contributed by atoms with Gasteiger partial charge >= 0.3 is 5.97 Å². The van der Waals surface area contributed by atoms with E-state index in [9.17, 15) is 4.79 Å². The molecule has 0 aromatic heterocycles. The van der Waals surface area contributed by atoms with Crippen LogP contribution in [0.3, 0.4) is 0 Å². The van der Waals surface area contributed by atoms with Crippen LogP contribution < -0.4 is 0 Å². The summed E-state index contributed by atoms with van der Waals surface area (Å²) >= 11 is 0. The van der Waals surface area contributed by atoms with Crippen LogP contribution in [0.2, 0.25) is 0 Å². The Morgan fingerprint density at radius 1 is 1.38 bits per heavy atom. The number of rotatable bonds is 1. The van der Waals surface area contributed by atoms with Gasteiger partial charge in [0.25, 0.3) is 0 Å². The van der Waals surface area contributed by atoms with Crippen molar-refractivity contribution in [2.24, 2.45) is 5.92 Å². The molecular formula is C13H11NO2. The average molecular weight is 213 g/mol. The molecule has 3 rings (SSSR count). The summed E-state index contributed by atoms with van der Waals surface area (Å²) in [7, 11) is 0. The van der Waals surface area contributed by atoms with Crippen molar-refractivity contribution in [1.82, 2.24) is 0 Å². The fraction of sp³-hybridized carbons (Fsp3) is 0.385. The molecule has 1 aromatic carbocycles. The fourth-order valence-corrected chi connectivity index (χ4v) is 2.22. The molecule has 1 heterocycles. The molecule has 0 radical (unpaired) electrons. The zero-order chi connectivity index (χ0) is 11.1. The molecule has 0 saturated heterocycles. The number of nitriles is 1. The van der Waals surface area contributed by atoms with Gasteiger partial charge in [-0.3, -0.25) is 0 Å². The molecule has 0 amide bonds. The van der Waals surface area contributed by atoms with Gasteiger partial charge in [-0.2, -0.15) is 5.26 Å². The number of benzene rings is 1. The van der Waals surface area contributed by atoms with Crippen LogP contribution in [-0.2, 0) is 11.2 Å². The van der Waals surface area contributed by atoms with E-state index < -0.39 is 0 Å². The number of hydrogen-bond donors (Lipinski definition) is 0. The molecule has 16 heavy (non-hydrogen) atoms. The number of fused-ring (bicyclic) bond motifs is 1. The van der Waals surface area contributed by atoms with E-state index in [1.807, 2.05) is 6.07 Å². The van der Waals surface area contributed by atoms with Gasteiger partial charge in [0.05, 0.1) is 17.2 Å². The van der Waals surface area contributed by atoms with Crippen LogP contribution in [0.25, 0.3) is 0 Å². The summed E-state index contributed by atoms with van der Waals surface area (Å²) in [6, 6.07) is 7.27. The molecule has 3 nitrogen and oxygen atoms in total. The van der Waals surface area contributed by atoms with E-state index in [0.717, 1.165) is 24.8 Å². The molecule has 1 unspecified atom stereocenters. The first-order valence-electron chi connectivity index (χ1n) is 5.52. The predicted octanol–water partition coefficient (Wildman–Crippen LogP) is 2.05. The lowest BCUT2D eigenvalue weighted by Gasteiger charge is -2.24. The number of nitrogens with zero attached hydrogens (tertiary/aromatic N) is 1. The summed E-state index contributed by atoms with van der Waals surface area (Å²) in [5.41, 5.74) is 2.20. The quantitative estimate of drug-likeness (QED) is 0.671. The van der Waals surface area contributed by atoms with E-state index in [1.54, 1.807) is 12.1 Å². The van der Waals surface area contributed by atoms with E-state index >= 15 is 0 Å². The Hall–Kier alpha value is -1.82. The largest absolute Gasteiger partial charge is 0.458 e. The first kappa shape index (κ1) is 9.41. The smallest absolute Gasteiger partial charge is 0.338 e. The second kappa shape index (κ2) is 3.34. The summed E-state index contributed by atoms with van der Waals surface area (Å²) in [5, 5.41) is 8.83. The standard InChI is InChI=1S/C13H11NO2/c14-7-8-1-4-11-10(5-8)6-12(9-2-3-9)16-13(11)15/h1,4-5,9,12H,2-3,6H2. The van der Waals surface area contributed by atoms with Crippen LogP contribution in [-0.4, -0.2) is 12.1 Å². The molecule has 0 spiro atoms. The molecule has 1 saturated carbocycles. The van der Waals surface area contributed by atoms with E-state index in [1.165, 1.54) is 0 Å². The maximum absolute atomic E-state index is 11.7. The zero-order valence-corrected chi connectivity index (χ0v) is 8.77. The van der Waals surface area contributed by atoms with E-state index in [0.29, 0.717) is 17.0 Å². The van der Waals surface area contributed by atoms with Crippen molar-refractivity contribution in [3.63, 3.8) is 0 Å².